The third-order valence-electron chi connectivity index (χ3n) is 10.7. The number of carbonyl (C=O) groups is 2. The van der Waals surface area contributed by atoms with Crippen molar-refractivity contribution in [2.75, 3.05) is 0 Å². The molecule has 0 bridgehead atoms. The third-order valence-corrected chi connectivity index (χ3v) is 10.7. The van der Waals surface area contributed by atoms with E-state index in [0.29, 0.717) is 41.4 Å². The highest BCUT2D eigenvalue weighted by Gasteiger charge is 3.18. The lowest BCUT2D eigenvalue weighted by molar-refractivity contribution is -0.641. The van der Waals surface area contributed by atoms with E-state index in [9.17, 15) is 9.59 Å². The largest absolute Gasteiger partial charge is 0.337 e. The summed E-state index contributed by atoms with van der Waals surface area (Å²) in [6.45, 7) is 19.3. The van der Waals surface area contributed by atoms with Crippen LogP contribution in [0.25, 0.3) is 0 Å². The molecule has 4 heteroatoms. The summed E-state index contributed by atoms with van der Waals surface area (Å²) in [6.07, 6.45) is 0. The molecule has 1 aromatic rings. The first-order valence-corrected chi connectivity index (χ1v) is 13.2. The molecule has 2 amide bonds. The molecule has 6 aliphatic carbocycles. The summed E-state index contributed by atoms with van der Waals surface area (Å²) < 4.78 is 0. The van der Waals surface area contributed by atoms with Gasteiger partial charge in [0.2, 0.25) is 11.8 Å². The SMILES string of the molecule is Cc1cccc(C23C4C5C6C(C2C64C(=O)N(C(C)C)C(C)C)C53C(=O)N(C(C)C)C(C)C)c1. The quantitative estimate of drug-likeness (QED) is 0.609. The molecule has 7 rings (SSSR count). The lowest BCUT2D eigenvalue weighted by Gasteiger charge is -3.14. The lowest BCUT2D eigenvalue weighted by Crippen LogP contribution is -3.18. The van der Waals surface area contributed by atoms with Gasteiger partial charge in [0.15, 0.2) is 0 Å². The number of nitrogens with zero attached hydrogens (tertiary/aromatic N) is 2. The maximum absolute atomic E-state index is 14.3. The molecule has 4 unspecified atom stereocenters. The van der Waals surface area contributed by atoms with E-state index >= 15 is 0 Å². The number of carbonyl (C=O) groups excluding carboxylic acids is 2. The fraction of sp³-hybridized carbons (Fsp3) is 0.724. The first-order chi connectivity index (χ1) is 15.5. The van der Waals surface area contributed by atoms with E-state index < -0.39 is 0 Å². The molecule has 4 atom stereocenters. The molecule has 1 aromatic carbocycles. The van der Waals surface area contributed by atoms with Gasteiger partial charge in [-0.15, -0.1) is 0 Å². The number of benzene rings is 1. The van der Waals surface area contributed by atoms with Gasteiger partial charge >= 0.3 is 0 Å². The first-order valence-electron chi connectivity index (χ1n) is 13.2. The van der Waals surface area contributed by atoms with Crippen molar-refractivity contribution < 1.29 is 9.59 Å². The summed E-state index contributed by atoms with van der Waals surface area (Å²) in [5.41, 5.74) is 2.03. The van der Waals surface area contributed by atoms with Gasteiger partial charge in [0.1, 0.15) is 0 Å². The molecule has 6 saturated carbocycles. The zero-order chi connectivity index (χ0) is 24.0. The second-order valence-corrected chi connectivity index (χ2v) is 12.9. The summed E-state index contributed by atoms with van der Waals surface area (Å²) in [5, 5.41) is 0. The average molecular weight is 449 g/mol. The number of aryl methyl sites for hydroxylation is 1. The summed E-state index contributed by atoms with van der Waals surface area (Å²) in [6, 6.07) is 9.67. The van der Waals surface area contributed by atoms with Crippen molar-refractivity contribution >= 4 is 11.8 Å². The monoisotopic (exact) mass is 448 g/mol. The Hall–Kier alpha value is -1.84. The van der Waals surface area contributed by atoms with Gasteiger partial charge in [0, 0.05) is 29.6 Å². The topological polar surface area (TPSA) is 40.6 Å². The lowest BCUT2D eigenvalue weighted by atomic mass is 8.87. The van der Waals surface area contributed by atoms with Crippen molar-refractivity contribution in [3.63, 3.8) is 0 Å². The Bertz CT molecular complexity index is 1030. The van der Waals surface area contributed by atoms with Gasteiger partial charge in [-0.1, -0.05) is 29.8 Å². The molecule has 178 valence electrons. The molecule has 0 heterocycles. The summed E-state index contributed by atoms with van der Waals surface area (Å²) in [5.74, 6) is 2.72. The fourth-order valence-corrected chi connectivity index (χ4v) is 10.6. The molecular weight excluding hydrogens is 408 g/mol. The molecule has 6 fully saturated rings. The highest BCUT2D eigenvalue weighted by molar-refractivity contribution is 6.04. The smallest absolute Gasteiger partial charge is 0.230 e. The molecular formula is C29H40N2O2. The van der Waals surface area contributed by atoms with Crippen molar-refractivity contribution in [1.29, 1.82) is 0 Å². The van der Waals surface area contributed by atoms with E-state index in [0.717, 1.165) is 0 Å². The molecule has 0 spiro atoms. The van der Waals surface area contributed by atoms with Crippen molar-refractivity contribution in [2.24, 2.45) is 40.4 Å². The minimum absolute atomic E-state index is 0.114. The maximum atomic E-state index is 14.3. The molecule has 0 N–H and O–H groups in total. The van der Waals surface area contributed by atoms with Crippen LogP contribution in [-0.4, -0.2) is 45.8 Å². The second-order valence-electron chi connectivity index (χ2n) is 12.9. The zero-order valence-electron chi connectivity index (χ0n) is 21.7. The molecule has 0 aliphatic heterocycles. The van der Waals surface area contributed by atoms with Crippen LogP contribution in [0.15, 0.2) is 24.3 Å². The summed E-state index contributed by atoms with van der Waals surface area (Å²) in [4.78, 5) is 32.7. The van der Waals surface area contributed by atoms with Gasteiger partial charge in [-0.05, 0) is 97.5 Å². The maximum Gasteiger partial charge on any atom is 0.230 e. The minimum Gasteiger partial charge on any atom is -0.337 e. The van der Waals surface area contributed by atoms with Crippen LogP contribution in [0.1, 0.15) is 66.5 Å². The predicted molar refractivity (Wildman–Crippen MR) is 129 cm³/mol. The van der Waals surface area contributed by atoms with E-state index in [2.05, 4.69) is 96.4 Å². The van der Waals surface area contributed by atoms with Gasteiger partial charge < -0.3 is 9.80 Å². The normalized spacial score (nSPS) is 42.3. The Morgan fingerprint density at radius 3 is 1.70 bits per heavy atom. The fourth-order valence-electron chi connectivity index (χ4n) is 10.6. The molecule has 4 nitrogen and oxygen atoms in total. The molecule has 0 radical (unpaired) electrons. The van der Waals surface area contributed by atoms with E-state index in [1.54, 1.807) is 0 Å². The van der Waals surface area contributed by atoms with E-state index in [1.165, 1.54) is 11.1 Å². The standard InChI is InChI=1S/C29H40N2O2/c1-14(2)30(15(3)4)25(32)27-20-21-23(27)28(19-12-10-11-18(9)13-19)24(27)22(20)29(21,28)26(33)31(16(5)6)17(7)8/h10-17,20-24H,1-9H3. The van der Waals surface area contributed by atoms with Crippen LogP contribution >= 0.6 is 0 Å². The Morgan fingerprint density at radius 2 is 1.24 bits per heavy atom. The number of rotatable bonds is 7. The molecule has 0 aromatic heterocycles. The van der Waals surface area contributed by atoms with Gasteiger partial charge in [-0.2, -0.15) is 0 Å². The highest BCUT2D eigenvalue weighted by Crippen LogP contribution is 3.14. The van der Waals surface area contributed by atoms with Crippen LogP contribution in [-0.2, 0) is 15.0 Å². The second kappa shape index (κ2) is 6.04. The molecule has 6 aliphatic rings. The Kier molecular flexibility index (Phi) is 3.97. The minimum atomic E-state index is -0.252. The number of hydrogen-bond donors (Lipinski definition) is 0. The van der Waals surface area contributed by atoms with Crippen LogP contribution in [0.3, 0.4) is 0 Å². The Morgan fingerprint density at radius 1 is 0.758 bits per heavy atom. The van der Waals surface area contributed by atoms with Crippen molar-refractivity contribution in [3.05, 3.63) is 35.4 Å². The van der Waals surface area contributed by atoms with Crippen LogP contribution < -0.4 is 0 Å². The molecule has 0 saturated heterocycles. The van der Waals surface area contributed by atoms with E-state index in [1.807, 2.05) is 0 Å². The third kappa shape index (κ3) is 1.74. The average Bonchev–Trinajstić information content (AvgIpc) is 2.71. The van der Waals surface area contributed by atoms with Gasteiger partial charge in [0.05, 0.1) is 10.8 Å². The van der Waals surface area contributed by atoms with Crippen molar-refractivity contribution in [2.45, 2.75) is 91.9 Å². The van der Waals surface area contributed by atoms with Gasteiger partial charge in [-0.3, -0.25) is 9.59 Å². The van der Waals surface area contributed by atoms with Gasteiger partial charge in [0.25, 0.3) is 0 Å². The van der Waals surface area contributed by atoms with Crippen LogP contribution in [0.5, 0.6) is 0 Å². The Balaban J connectivity index is 1.45. The van der Waals surface area contributed by atoms with Crippen LogP contribution in [0, 0.1) is 47.3 Å². The predicted octanol–water partition coefficient (Wildman–Crippen LogP) is 4.65. The molecule has 33 heavy (non-hydrogen) atoms. The van der Waals surface area contributed by atoms with E-state index in [4.69, 9.17) is 0 Å². The summed E-state index contributed by atoms with van der Waals surface area (Å²) in [7, 11) is 0. The number of amides is 2. The van der Waals surface area contributed by atoms with Gasteiger partial charge in [-0.25, -0.2) is 0 Å². The number of hydrogen-bond acceptors (Lipinski definition) is 2. The van der Waals surface area contributed by atoms with Crippen molar-refractivity contribution in [1.82, 2.24) is 9.80 Å². The van der Waals surface area contributed by atoms with Crippen LogP contribution in [0.2, 0.25) is 0 Å². The zero-order valence-corrected chi connectivity index (χ0v) is 21.7. The first kappa shape index (κ1) is 21.7. The van der Waals surface area contributed by atoms with Crippen LogP contribution in [0.4, 0.5) is 0 Å². The summed E-state index contributed by atoms with van der Waals surface area (Å²) >= 11 is 0. The Labute approximate surface area is 199 Å². The van der Waals surface area contributed by atoms with E-state index in [-0.39, 0.29) is 40.4 Å². The van der Waals surface area contributed by atoms with Crippen molar-refractivity contribution in [3.8, 4) is 0 Å². The highest BCUT2D eigenvalue weighted by atomic mass is 16.2.